The van der Waals surface area contributed by atoms with Gasteiger partial charge in [-0.1, -0.05) is 11.3 Å². The topological polar surface area (TPSA) is 73.2 Å². The average molecular weight is 500 g/mol. The highest BCUT2D eigenvalue weighted by molar-refractivity contribution is 9.10. The zero-order chi connectivity index (χ0) is 21.5. The molecule has 156 valence electrons. The smallest absolute Gasteiger partial charge is 0.406 e. The molecule has 2 aromatic heterocycles. The maximum atomic E-state index is 12.8. The highest BCUT2D eigenvalue weighted by Gasteiger charge is 2.32. The van der Waals surface area contributed by atoms with Crippen molar-refractivity contribution < 1.29 is 27.5 Å². The summed E-state index contributed by atoms with van der Waals surface area (Å²) in [6, 6.07) is 6.55. The summed E-state index contributed by atoms with van der Waals surface area (Å²) in [5.41, 5.74) is 1.12. The third-order valence-corrected chi connectivity index (χ3v) is 5.89. The molecular formula is C19H13BrF3N3O3S. The van der Waals surface area contributed by atoms with E-state index in [1.54, 1.807) is 16.8 Å². The number of thiazole rings is 1. The summed E-state index contributed by atoms with van der Waals surface area (Å²) in [7, 11) is 0. The number of ether oxygens (including phenoxy) is 1. The number of fused-ring (bicyclic) bond motifs is 1. The second-order valence-electron chi connectivity index (χ2n) is 6.52. The summed E-state index contributed by atoms with van der Waals surface area (Å²) < 4.78 is 43.0. The lowest BCUT2D eigenvalue weighted by molar-refractivity contribution is -0.274. The number of aromatic nitrogens is 2. The van der Waals surface area contributed by atoms with Crippen molar-refractivity contribution in [3.63, 3.8) is 0 Å². The van der Waals surface area contributed by atoms with E-state index >= 15 is 0 Å². The molecule has 0 saturated heterocycles. The first-order valence-corrected chi connectivity index (χ1v) is 10.3. The largest absolute Gasteiger partial charge is 0.573 e. The summed E-state index contributed by atoms with van der Waals surface area (Å²) in [4.78, 5) is 29.6. The normalized spacial score (nSPS) is 16.3. The zero-order valence-corrected chi connectivity index (χ0v) is 17.5. The molecule has 0 spiro atoms. The van der Waals surface area contributed by atoms with Crippen molar-refractivity contribution in [3.05, 3.63) is 52.9 Å². The van der Waals surface area contributed by atoms with Gasteiger partial charge in [0.25, 0.3) is 0 Å². The second kappa shape index (κ2) is 7.88. The van der Waals surface area contributed by atoms with Gasteiger partial charge in [-0.2, -0.15) is 0 Å². The minimum absolute atomic E-state index is 0.0146. The maximum absolute atomic E-state index is 12.8. The Balaban J connectivity index is 1.47. The number of halogens is 4. The van der Waals surface area contributed by atoms with Gasteiger partial charge in [0.1, 0.15) is 11.8 Å². The Labute approximate surface area is 180 Å². The predicted molar refractivity (Wildman–Crippen MR) is 108 cm³/mol. The summed E-state index contributed by atoms with van der Waals surface area (Å²) in [5.74, 6) is -0.620. The second-order valence-corrected chi connectivity index (χ2v) is 8.47. The first-order valence-electron chi connectivity index (χ1n) is 8.73. The third kappa shape index (κ3) is 4.41. The molecule has 11 heteroatoms. The SMILES string of the molecule is O=C1CCC(C(=O)Nc2ncc(-c3ccc(OC(F)(F)F)cc3)s2)n2cc(Br)cc21. The first kappa shape index (κ1) is 20.6. The van der Waals surface area contributed by atoms with Crippen LogP contribution in [0.15, 0.2) is 47.2 Å². The lowest BCUT2D eigenvalue weighted by atomic mass is 10.0. The molecule has 0 bridgehead atoms. The van der Waals surface area contributed by atoms with Gasteiger partial charge >= 0.3 is 6.36 Å². The standard InChI is InChI=1S/C19H13BrF3N3O3S/c20-11-7-14-15(27)6-5-13(26(14)9-11)17(28)25-18-24-8-16(30-18)10-1-3-12(4-2-10)29-19(21,22)23/h1-4,7-9,13H,5-6H2,(H,24,25,28). The minimum atomic E-state index is -4.75. The molecule has 4 rings (SSSR count). The Kier molecular flexibility index (Phi) is 5.41. The van der Waals surface area contributed by atoms with E-state index in [0.29, 0.717) is 27.7 Å². The van der Waals surface area contributed by atoms with Crippen LogP contribution in [0.25, 0.3) is 10.4 Å². The number of nitrogens with one attached hydrogen (secondary N) is 1. The Bertz CT molecular complexity index is 1110. The highest BCUT2D eigenvalue weighted by Crippen LogP contribution is 2.33. The van der Waals surface area contributed by atoms with Crippen LogP contribution in [0.1, 0.15) is 29.4 Å². The van der Waals surface area contributed by atoms with Crippen molar-refractivity contribution >= 4 is 44.1 Å². The van der Waals surface area contributed by atoms with Crippen molar-refractivity contribution in [2.75, 3.05) is 5.32 Å². The fourth-order valence-corrected chi connectivity index (χ4v) is 4.46. The number of nitrogens with zero attached hydrogens (tertiary/aromatic N) is 2. The van der Waals surface area contributed by atoms with E-state index in [-0.39, 0.29) is 23.9 Å². The van der Waals surface area contributed by atoms with Crippen LogP contribution in [-0.2, 0) is 4.79 Å². The number of anilines is 1. The van der Waals surface area contributed by atoms with Crippen molar-refractivity contribution in [1.82, 2.24) is 9.55 Å². The number of rotatable bonds is 4. The minimum Gasteiger partial charge on any atom is -0.406 e. The molecule has 1 N–H and O–H groups in total. The van der Waals surface area contributed by atoms with Crippen LogP contribution < -0.4 is 10.1 Å². The number of ketones is 1. The van der Waals surface area contributed by atoms with Crippen molar-refractivity contribution in [2.24, 2.45) is 0 Å². The fraction of sp³-hybridized carbons (Fsp3) is 0.211. The van der Waals surface area contributed by atoms with Gasteiger partial charge in [0, 0.05) is 23.3 Å². The lowest BCUT2D eigenvalue weighted by Crippen LogP contribution is -2.31. The molecule has 30 heavy (non-hydrogen) atoms. The summed E-state index contributed by atoms with van der Waals surface area (Å²) in [6.07, 6.45) is -0.847. The monoisotopic (exact) mass is 499 g/mol. The molecule has 0 fully saturated rings. The van der Waals surface area contributed by atoms with E-state index in [0.717, 1.165) is 4.47 Å². The van der Waals surface area contributed by atoms with Gasteiger partial charge in [-0.05, 0) is 58.2 Å². The van der Waals surface area contributed by atoms with Crippen LogP contribution in [0.4, 0.5) is 18.3 Å². The lowest BCUT2D eigenvalue weighted by Gasteiger charge is -2.23. The number of carbonyl (C=O) groups is 2. The summed E-state index contributed by atoms with van der Waals surface area (Å²) >= 11 is 4.52. The Morgan fingerprint density at radius 2 is 2.03 bits per heavy atom. The molecule has 0 aliphatic carbocycles. The molecule has 0 saturated carbocycles. The molecule has 3 heterocycles. The molecule has 1 amide bonds. The maximum Gasteiger partial charge on any atom is 0.573 e. The van der Waals surface area contributed by atoms with Crippen LogP contribution in [0, 0.1) is 0 Å². The van der Waals surface area contributed by atoms with Gasteiger partial charge in [0.15, 0.2) is 10.9 Å². The van der Waals surface area contributed by atoms with E-state index in [9.17, 15) is 22.8 Å². The van der Waals surface area contributed by atoms with Crippen molar-refractivity contribution in [1.29, 1.82) is 0 Å². The first-order chi connectivity index (χ1) is 14.2. The number of carbonyl (C=O) groups excluding carboxylic acids is 2. The third-order valence-electron chi connectivity index (χ3n) is 4.49. The predicted octanol–water partition coefficient (Wildman–Crippen LogP) is 5.43. The molecule has 1 aliphatic heterocycles. The quantitative estimate of drug-likeness (QED) is 0.519. The molecule has 1 aliphatic rings. The molecule has 6 nitrogen and oxygen atoms in total. The van der Waals surface area contributed by atoms with Gasteiger partial charge in [0.2, 0.25) is 5.91 Å². The molecule has 1 aromatic carbocycles. The fourth-order valence-electron chi connectivity index (χ4n) is 3.19. The Hall–Kier alpha value is -2.66. The van der Waals surface area contributed by atoms with Gasteiger partial charge in [-0.3, -0.25) is 9.59 Å². The van der Waals surface area contributed by atoms with Crippen LogP contribution in [0.2, 0.25) is 0 Å². The van der Waals surface area contributed by atoms with E-state index in [1.165, 1.54) is 41.8 Å². The number of alkyl halides is 3. The van der Waals surface area contributed by atoms with Crippen LogP contribution >= 0.6 is 27.3 Å². The number of hydrogen-bond acceptors (Lipinski definition) is 5. The molecule has 1 atom stereocenters. The summed E-state index contributed by atoms with van der Waals surface area (Å²) in [6.45, 7) is 0. The van der Waals surface area contributed by atoms with Gasteiger partial charge < -0.3 is 14.6 Å². The number of benzene rings is 1. The number of Topliss-reactive ketones (excluding diaryl/α,β-unsaturated/α-hetero) is 1. The van der Waals surface area contributed by atoms with Crippen LogP contribution in [0.3, 0.4) is 0 Å². The molecule has 3 aromatic rings. The Morgan fingerprint density at radius 1 is 1.30 bits per heavy atom. The van der Waals surface area contributed by atoms with E-state index in [4.69, 9.17) is 0 Å². The van der Waals surface area contributed by atoms with Gasteiger partial charge in [0.05, 0.1) is 10.6 Å². The highest BCUT2D eigenvalue weighted by atomic mass is 79.9. The van der Waals surface area contributed by atoms with Crippen molar-refractivity contribution in [2.45, 2.75) is 25.2 Å². The van der Waals surface area contributed by atoms with E-state index in [1.807, 2.05) is 0 Å². The molecule has 0 radical (unpaired) electrons. The molecule has 1 unspecified atom stereocenters. The van der Waals surface area contributed by atoms with Crippen LogP contribution in [0.5, 0.6) is 5.75 Å². The zero-order valence-electron chi connectivity index (χ0n) is 15.1. The molecular weight excluding hydrogens is 487 g/mol. The van der Waals surface area contributed by atoms with Gasteiger partial charge in [-0.25, -0.2) is 4.98 Å². The van der Waals surface area contributed by atoms with E-state index < -0.39 is 12.4 Å². The summed E-state index contributed by atoms with van der Waals surface area (Å²) in [5, 5.41) is 3.11. The van der Waals surface area contributed by atoms with E-state index in [2.05, 4.69) is 31.0 Å². The Morgan fingerprint density at radius 3 is 2.73 bits per heavy atom. The number of hydrogen-bond donors (Lipinski definition) is 1. The van der Waals surface area contributed by atoms with Gasteiger partial charge in [-0.15, -0.1) is 13.2 Å². The number of amides is 1. The average Bonchev–Trinajstić information content (AvgIpc) is 3.28. The van der Waals surface area contributed by atoms with Crippen LogP contribution in [-0.4, -0.2) is 27.6 Å². The van der Waals surface area contributed by atoms with Crippen molar-refractivity contribution in [3.8, 4) is 16.2 Å².